The summed E-state index contributed by atoms with van der Waals surface area (Å²) in [5, 5.41) is 6.62. The van der Waals surface area contributed by atoms with Gasteiger partial charge in [-0.2, -0.15) is 5.10 Å². The second-order valence-electron chi connectivity index (χ2n) is 4.19. The number of H-pyrrole nitrogens is 1. The summed E-state index contributed by atoms with van der Waals surface area (Å²) in [5.74, 6) is 0. The van der Waals surface area contributed by atoms with Gasteiger partial charge in [-0.05, 0) is 13.8 Å². The molecule has 0 bridgehead atoms. The quantitative estimate of drug-likeness (QED) is 0.704. The molecule has 0 saturated heterocycles. The summed E-state index contributed by atoms with van der Waals surface area (Å²) in [6.07, 6.45) is 0. The molecule has 0 unspecified atom stereocenters. The van der Waals surface area contributed by atoms with Crippen LogP contribution in [0.4, 0.5) is 0 Å². The number of hydrogen-bond acceptors (Lipinski definition) is 3. The summed E-state index contributed by atoms with van der Waals surface area (Å²) >= 11 is 0. The van der Waals surface area contributed by atoms with Gasteiger partial charge in [0.15, 0.2) is 5.65 Å². The van der Waals surface area contributed by atoms with E-state index < -0.39 is 0 Å². The number of aromatic nitrogens is 4. The highest BCUT2D eigenvalue weighted by molar-refractivity contribution is 5.73. The van der Waals surface area contributed by atoms with E-state index in [4.69, 9.17) is 0 Å². The van der Waals surface area contributed by atoms with Gasteiger partial charge in [0, 0.05) is 11.3 Å². The lowest BCUT2D eigenvalue weighted by atomic mass is 10.1. The molecule has 2 heterocycles. The Hall–Kier alpha value is -2.43. The average Bonchev–Trinajstić information content (AvgIpc) is 2.68. The first-order chi connectivity index (χ1) is 8.68. The number of aromatic amines is 1. The van der Waals surface area contributed by atoms with Crippen LogP contribution in [0.3, 0.4) is 0 Å². The van der Waals surface area contributed by atoms with Gasteiger partial charge in [0.05, 0.1) is 5.69 Å². The van der Waals surface area contributed by atoms with Crippen molar-refractivity contribution in [2.24, 2.45) is 0 Å². The van der Waals surface area contributed by atoms with E-state index in [-0.39, 0.29) is 5.69 Å². The standard InChI is InChI=1S/C13H12N4O/c1-8-9(2)17-12(14-8)11(15-16-13(17)18)10-6-4-3-5-7-10/h3-7H,1-2H3,(H,16,18). The predicted molar refractivity (Wildman–Crippen MR) is 68.5 cm³/mol. The van der Waals surface area contributed by atoms with Crippen LogP contribution in [0.5, 0.6) is 0 Å². The van der Waals surface area contributed by atoms with E-state index in [9.17, 15) is 4.79 Å². The van der Waals surface area contributed by atoms with Crippen molar-refractivity contribution >= 4 is 5.65 Å². The molecule has 5 nitrogen and oxygen atoms in total. The number of benzene rings is 1. The molecular weight excluding hydrogens is 228 g/mol. The van der Waals surface area contributed by atoms with Crippen LogP contribution in [0, 0.1) is 13.8 Å². The van der Waals surface area contributed by atoms with E-state index in [0.29, 0.717) is 11.3 Å². The molecule has 0 amide bonds. The minimum atomic E-state index is -0.261. The van der Waals surface area contributed by atoms with Crippen LogP contribution in [-0.4, -0.2) is 19.6 Å². The third-order valence-electron chi connectivity index (χ3n) is 3.07. The normalized spacial score (nSPS) is 11.0. The van der Waals surface area contributed by atoms with E-state index in [1.807, 2.05) is 44.2 Å². The highest BCUT2D eigenvalue weighted by Gasteiger charge is 2.13. The fourth-order valence-corrected chi connectivity index (χ4v) is 2.01. The van der Waals surface area contributed by atoms with Gasteiger partial charge in [0.2, 0.25) is 0 Å². The van der Waals surface area contributed by atoms with E-state index in [1.54, 1.807) is 4.40 Å². The molecular formula is C13H12N4O. The molecule has 0 aliphatic rings. The zero-order valence-electron chi connectivity index (χ0n) is 10.1. The fraction of sp³-hybridized carbons (Fsp3) is 0.154. The average molecular weight is 240 g/mol. The van der Waals surface area contributed by atoms with Gasteiger partial charge < -0.3 is 0 Å². The van der Waals surface area contributed by atoms with Gasteiger partial charge >= 0.3 is 5.69 Å². The molecule has 0 aliphatic carbocycles. The summed E-state index contributed by atoms with van der Waals surface area (Å²) in [7, 11) is 0. The van der Waals surface area contributed by atoms with Gasteiger partial charge in [-0.1, -0.05) is 30.3 Å². The highest BCUT2D eigenvalue weighted by Crippen LogP contribution is 2.21. The molecule has 5 heteroatoms. The van der Waals surface area contributed by atoms with Gasteiger partial charge in [-0.3, -0.25) is 0 Å². The lowest BCUT2D eigenvalue weighted by Crippen LogP contribution is -2.19. The van der Waals surface area contributed by atoms with Gasteiger partial charge in [0.1, 0.15) is 5.69 Å². The van der Waals surface area contributed by atoms with Crippen molar-refractivity contribution in [2.45, 2.75) is 13.8 Å². The minimum absolute atomic E-state index is 0.261. The van der Waals surface area contributed by atoms with Crippen LogP contribution >= 0.6 is 0 Å². The van der Waals surface area contributed by atoms with Crippen LogP contribution in [0.1, 0.15) is 11.4 Å². The number of imidazole rings is 1. The maximum absolute atomic E-state index is 11.8. The lowest BCUT2D eigenvalue weighted by Gasteiger charge is -2.02. The monoisotopic (exact) mass is 240 g/mol. The van der Waals surface area contributed by atoms with Crippen LogP contribution in [-0.2, 0) is 0 Å². The van der Waals surface area contributed by atoms with Gasteiger partial charge in [0.25, 0.3) is 0 Å². The van der Waals surface area contributed by atoms with Gasteiger partial charge in [-0.25, -0.2) is 19.3 Å². The summed E-state index contributed by atoms with van der Waals surface area (Å²) in [4.78, 5) is 16.2. The molecule has 1 N–H and O–H groups in total. The largest absolute Gasteiger partial charge is 0.347 e. The number of aryl methyl sites for hydroxylation is 2. The number of rotatable bonds is 1. The van der Waals surface area contributed by atoms with Crippen molar-refractivity contribution < 1.29 is 0 Å². The Morgan fingerprint density at radius 2 is 1.89 bits per heavy atom. The lowest BCUT2D eigenvalue weighted by molar-refractivity contribution is 0.873. The summed E-state index contributed by atoms with van der Waals surface area (Å²) in [6.45, 7) is 3.76. The summed E-state index contributed by atoms with van der Waals surface area (Å²) < 4.78 is 1.56. The fourth-order valence-electron chi connectivity index (χ4n) is 2.01. The molecule has 3 rings (SSSR count). The number of hydrogen-bond donors (Lipinski definition) is 1. The SMILES string of the molecule is Cc1nc2c(-c3ccccc3)n[nH]c(=O)n2c1C. The molecule has 0 fully saturated rings. The first-order valence-electron chi connectivity index (χ1n) is 5.68. The van der Waals surface area contributed by atoms with Crippen molar-refractivity contribution in [3.05, 3.63) is 52.2 Å². The van der Waals surface area contributed by atoms with Crippen molar-refractivity contribution in [3.63, 3.8) is 0 Å². The zero-order valence-corrected chi connectivity index (χ0v) is 10.1. The van der Waals surface area contributed by atoms with Crippen LogP contribution in [0.25, 0.3) is 16.9 Å². The molecule has 0 radical (unpaired) electrons. The minimum Gasteiger partial charge on any atom is -0.246 e. The third-order valence-corrected chi connectivity index (χ3v) is 3.07. The smallest absolute Gasteiger partial charge is 0.246 e. The molecule has 1 aromatic carbocycles. The van der Waals surface area contributed by atoms with E-state index in [2.05, 4.69) is 15.2 Å². The number of nitrogens with zero attached hydrogens (tertiary/aromatic N) is 3. The Kier molecular flexibility index (Phi) is 2.26. The van der Waals surface area contributed by atoms with Crippen molar-refractivity contribution in [1.29, 1.82) is 0 Å². The van der Waals surface area contributed by atoms with Crippen LogP contribution in [0.15, 0.2) is 35.1 Å². The van der Waals surface area contributed by atoms with E-state index in [1.165, 1.54) is 0 Å². The second-order valence-corrected chi connectivity index (χ2v) is 4.19. The highest BCUT2D eigenvalue weighted by atomic mass is 16.1. The first-order valence-corrected chi connectivity index (χ1v) is 5.68. The Bertz CT molecular complexity index is 771. The van der Waals surface area contributed by atoms with Gasteiger partial charge in [-0.15, -0.1) is 0 Å². The maximum atomic E-state index is 11.8. The first kappa shape index (κ1) is 10.7. The summed E-state index contributed by atoms with van der Waals surface area (Å²) in [6, 6.07) is 9.69. The van der Waals surface area contributed by atoms with Crippen molar-refractivity contribution in [2.75, 3.05) is 0 Å². The molecule has 0 atom stereocenters. The zero-order chi connectivity index (χ0) is 12.7. The molecule has 0 aliphatic heterocycles. The number of fused-ring (bicyclic) bond motifs is 1. The van der Waals surface area contributed by atoms with Crippen LogP contribution in [0.2, 0.25) is 0 Å². The Morgan fingerprint density at radius 1 is 1.17 bits per heavy atom. The second kappa shape index (κ2) is 3.80. The molecule has 18 heavy (non-hydrogen) atoms. The Morgan fingerprint density at radius 3 is 2.61 bits per heavy atom. The predicted octanol–water partition coefficient (Wildman–Crippen LogP) is 1.70. The maximum Gasteiger partial charge on any atom is 0.347 e. The Balaban J connectivity index is 2.43. The number of nitrogens with one attached hydrogen (secondary N) is 1. The topological polar surface area (TPSA) is 63.0 Å². The van der Waals surface area contributed by atoms with E-state index >= 15 is 0 Å². The molecule has 0 spiro atoms. The van der Waals surface area contributed by atoms with E-state index in [0.717, 1.165) is 17.0 Å². The molecule has 90 valence electrons. The Labute approximate surface area is 103 Å². The summed E-state index contributed by atoms with van der Waals surface area (Å²) in [5.41, 5.74) is 3.63. The van der Waals surface area contributed by atoms with Crippen LogP contribution < -0.4 is 5.69 Å². The third kappa shape index (κ3) is 1.44. The molecule has 2 aromatic heterocycles. The van der Waals surface area contributed by atoms with Crippen molar-refractivity contribution in [3.8, 4) is 11.3 Å². The molecule has 3 aromatic rings. The van der Waals surface area contributed by atoms with Crippen molar-refractivity contribution in [1.82, 2.24) is 19.6 Å². The molecule has 0 saturated carbocycles.